The van der Waals surface area contributed by atoms with E-state index in [0.717, 1.165) is 0 Å². The highest BCUT2D eigenvalue weighted by molar-refractivity contribution is 5.98. The fourth-order valence-electron chi connectivity index (χ4n) is 0.732. The number of carboxylic acids is 1. The van der Waals surface area contributed by atoms with Crippen LogP contribution < -0.4 is 0 Å². The number of hydrogen-bond acceptors (Lipinski definition) is 4. The van der Waals surface area contributed by atoms with E-state index in [1.807, 2.05) is 0 Å². The monoisotopic (exact) mass is 254 g/mol. The van der Waals surface area contributed by atoms with Crippen molar-refractivity contribution < 1.29 is 24.3 Å². The Hall–Kier alpha value is -2.04. The van der Waals surface area contributed by atoms with E-state index in [9.17, 15) is 19.2 Å². The molecule has 0 saturated heterocycles. The molecule has 0 aliphatic heterocycles. The van der Waals surface area contributed by atoms with Gasteiger partial charge in [-0.2, -0.15) is 0 Å². The largest absolute Gasteiger partial charge is 0.481 e. The number of carbonyl (C=O) groups excluding carboxylic acids is 3. The summed E-state index contributed by atoms with van der Waals surface area (Å²) in [7, 11) is 0. The summed E-state index contributed by atoms with van der Waals surface area (Å²) in [6.45, 7) is 10.8. The molecule has 0 spiro atoms. The Balaban J connectivity index is 0. The second-order valence-corrected chi connectivity index (χ2v) is 3.77. The van der Waals surface area contributed by atoms with Gasteiger partial charge in [-0.25, -0.2) is 0 Å². The van der Waals surface area contributed by atoms with Crippen molar-refractivity contribution in [1.82, 2.24) is 0 Å². The Labute approximate surface area is 106 Å². The predicted octanol–water partition coefficient (Wildman–Crippen LogP) is 1.72. The van der Waals surface area contributed by atoms with Crippen molar-refractivity contribution in [2.75, 3.05) is 0 Å². The van der Waals surface area contributed by atoms with Crippen LogP contribution in [-0.4, -0.2) is 28.4 Å². The third kappa shape index (κ3) is 12.0. The van der Waals surface area contributed by atoms with Gasteiger partial charge in [0.05, 0.1) is 6.42 Å². The first-order valence-electron chi connectivity index (χ1n) is 5.16. The van der Waals surface area contributed by atoms with Gasteiger partial charge in [-0.05, 0) is 31.9 Å². The zero-order valence-corrected chi connectivity index (χ0v) is 10.9. The Bertz CT molecular complexity index is 352. The molecule has 0 fully saturated rings. The number of aliphatic carboxylic acids is 1. The molecule has 5 heteroatoms. The number of ketones is 3. The predicted molar refractivity (Wildman–Crippen MR) is 67.2 cm³/mol. The van der Waals surface area contributed by atoms with Crippen molar-refractivity contribution in [2.45, 2.75) is 33.6 Å². The van der Waals surface area contributed by atoms with Crippen LogP contribution in [0.25, 0.3) is 0 Å². The zero-order chi connectivity index (χ0) is 14.9. The van der Waals surface area contributed by atoms with Crippen molar-refractivity contribution in [3.05, 3.63) is 24.3 Å². The highest BCUT2D eigenvalue weighted by atomic mass is 16.4. The van der Waals surface area contributed by atoms with Crippen LogP contribution >= 0.6 is 0 Å². The summed E-state index contributed by atoms with van der Waals surface area (Å²) >= 11 is 0. The third-order valence-electron chi connectivity index (χ3n) is 1.82. The average Bonchev–Trinajstić information content (AvgIpc) is 2.16. The lowest BCUT2D eigenvalue weighted by Crippen LogP contribution is -2.02. The van der Waals surface area contributed by atoms with Gasteiger partial charge in [-0.15, -0.1) is 0 Å². The van der Waals surface area contributed by atoms with Crippen LogP contribution in [0.15, 0.2) is 24.3 Å². The molecule has 0 aromatic carbocycles. The second-order valence-electron chi connectivity index (χ2n) is 3.77. The van der Waals surface area contributed by atoms with Crippen LogP contribution in [0.2, 0.25) is 0 Å². The molecule has 0 rings (SSSR count). The SMILES string of the molecule is C=C(CC(=O)O)C(C)=O.C=C(CC(C)=O)C(C)=O. The summed E-state index contributed by atoms with van der Waals surface area (Å²) in [6.07, 6.45) is -0.0648. The molecule has 0 amide bonds. The molecular formula is C13H18O5. The van der Waals surface area contributed by atoms with Gasteiger partial charge < -0.3 is 5.11 Å². The van der Waals surface area contributed by atoms with Gasteiger partial charge in [0.25, 0.3) is 0 Å². The van der Waals surface area contributed by atoms with E-state index < -0.39 is 5.97 Å². The summed E-state index contributed by atoms with van der Waals surface area (Å²) in [5.41, 5.74) is 0.532. The minimum absolute atomic E-state index is 0.0183. The topological polar surface area (TPSA) is 88.5 Å². The van der Waals surface area contributed by atoms with Gasteiger partial charge in [0.2, 0.25) is 0 Å². The third-order valence-corrected chi connectivity index (χ3v) is 1.82. The normalized spacial score (nSPS) is 8.61. The Kier molecular flexibility index (Phi) is 9.20. The first-order chi connectivity index (χ1) is 8.07. The van der Waals surface area contributed by atoms with E-state index in [-0.39, 0.29) is 35.8 Å². The lowest BCUT2D eigenvalue weighted by atomic mass is 10.1. The van der Waals surface area contributed by atoms with Crippen molar-refractivity contribution in [1.29, 1.82) is 0 Å². The van der Waals surface area contributed by atoms with Gasteiger partial charge in [0, 0.05) is 6.42 Å². The fourth-order valence-corrected chi connectivity index (χ4v) is 0.732. The molecule has 0 radical (unpaired) electrons. The van der Waals surface area contributed by atoms with Gasteiger partial charge in [0.15, 0.2) is 11.6 Å². The smallest absolute Gasteiger partial charge is 0.307 e. The van der Waals surface area contributed by atoms with Crippen LogP contribution in [-0.2, 0) is 19.2 Å². The number of hydrogen-bond donors (Lipinski definition) is 1. The number of Topliss-reactive ketones (excluding diaryl/α,β-unsaturated/α-hetero) is 3. The maximum Gasteiger partial charge on any atom is 0.307 e. The van der Waals surface area contributed by atoms with E-state index in [0.29, 0.717) is 5.57 Å². The molecule has 1 N–H and O–H groups in total. The highest BCUT2D eigenvalue weighted by Gasteiger charge is 2.04. The van der Waals surface area contributed by atoms with Crippen molar-refractivity contribution in [3.63, 3.8) is 0 Å². The van der Waals surface area contributed by atoms with Gasteiger partial charge in [-0.3, -0.25) is 19.2 Å². The average molecular weight is 254 g/mol. The molecular weight excluding hydrogens is 236 g/mol. The molecule has 0 bridgehead atoms. The number of carboxylic acid groups (broad SMARTS) is 1. The van der Waals surface area contributed by atoms with Crippen LogP contribution in [0.4, 0.5) is 0 Å². The quantitative estimate of drug-likeness (QED) is 0.729. The molecule has 0 aliphatic carbocycles. The molecule has 18 heavy (non-hydrogen) atoms. The standard InChI is InChI=1S/C7H10O2.C6H8O3/c1-5(7(3)9)4-6(2)8;1-4(5(2)7)3-6(8)9/h1,4H2,2-3H3;1,3H2,2H3,(H,8,9). The highest BCUT2D eigenvalue weighted by Crippen LogP contribution is 1.98. The molecule has 0 heterocycles. The lowest BCUT2D eigenvalue weighted by Gasteiger charge is -1.93. The first-order valence-corrected chi connectivity index (χ1v) is 5.16. The lowest BCUT2D eigenvalue weighted by molar-refractivity contribution is -0.136. The number of allylic oxidation sites excluding steroid dienone is 1. The van der Waals surface area contributed by atoms with Crippen molar-refractivity contribution in [2.24, 2.45) is 0 Å². The minimum atomic E-state index is -1.02. The number of carbonyl (C=O) groups is 4. The van der Waals surface area contributed by atoms with E-state index in [4.69, 9.17) is 5.11 Å². The first kappa shape index (κ1) is 18.3. The van der Waals surface area contributed by atoms with Gasteiger partial charge in [0.1, 0.15) is 5.78 Å². The Morgan fingerprint density at radius 3 is 1.28 bits per heavy atom. The van der Waals surface area contributed by atoms with Gasteiger partial charge >= 0.3 is 5.97 Å². The van der Waals surface area contributed by atoms with E-state index in [1.165, 1.54) is 20.8 Å². The minimum Gasteiger partial charge on any atom is -0.481 e. The summed E-state index contributed by atoms with van der Waals surface area (Å²) in [5.74, 6) is -1.41. The molecule has 0 aliphatic rings. The fraction of sp³-hybridized carbons (Fsp3) is 0.385. The molecule has 0 aromatic heterocycles. The number of rotatable bonds is 6. The molecule has 0 aromatic rings. The molecule has 100 valence electrons. The maximum absolute atomic E-state index is 10.4. The Morgan fingerprint density at radius 2 is 1.17 bits per heavy atom. The maximum atomic E-state index is 10.4. The molecule has 0 saturated carbocycles. The second kappa shape index (κ2) is 9.04. The molecule has 0 unspecified atom stereocenters. The van der Waals surface area contributed by atoms with Crippen LogP contribution in [0, 0.1) is 0 Å². The summed E-state index contributed by atoms with van der Waals surface area (Å²) in [5, 5.41) is 8.12. The van der Waals surface area contributed by atoms with Crippen LogP contribution in [0.1, 0.15) is 33.6 Å². The summed E-state index contributed by atoms with van der Waals surface area (Å²) < 4.78 is 0. The van der Waals surface area contributed by atoms with Crippen molar-refractivity contribution >= 4 is 23.3 Å². The molecule has 0 atom stereocenters. The summed E-state index contributed by atoms with van der Waals surface area (Å²) in [4.78, 5) is 41.0. The molecule has 5 nitrogen and oxygen atoms in total. The van der Waals surface area contributed by atoms with Gasteiger partial charge in [-0.1, -0.05) is 13.2 Å². The van der Waals surface area contributed by atoms with E-state index >= 15 is 0 Å². The van der Waals surface area contributed by atoms with Crippen LogP contribution in [0.3, 0.4) is 0 Å². The van der Waals surface area contributed by atoms with Crippen LogP contribution in [0.5, 0.6) is 0 Å². The zero-order valence-electron chi connectivity index (χ0n) is 10.9. The van der Waals surface area contributed by atoms with E-state index in [2.05, 4.69) is 13.2 Å². The van der Waals surface area contributed by atoms with Crippen molar-refractivity contribution in [3.8, 4) is 0 Å². The Morgan fingerprint density at radius 1 is 0.833 bits per heavy atom. The van der Waals surface area contributed by atoms with E-state index in [1.54, 1.807) is 0 Å². The summed E-state index contributed by atoms with van der Waals surface area (Å²) in [6, 6.07) is 0.